The molecule has 0 aromatic rings. The summed E-state index contributed by atoms with van der Waals surface area (Å²) < 4.78 is 25.6. The molecule has 0 fully saturated rings. The molecule has 0 aliphatic carbocycles. The van der Waals surface area contributed by atoms with Gasteiger partial charge in [0, 0.05) is 67.1 Å². The van der Waals surface area contributed by atoms with Gasteiger partial charge in [0.2, 0.25) is 0 Å². The first-order chi connectivity index (χ1) is 5.20. The molecule has 6 radical (unpaired) electrons. The maximum Gasteiger partial charge on any atom is 3.00 e. The van der Waals surface area contributed by atoms with Crippen molar-refractivity contribution in [1.29, 1.82) is 0 Å². The molecular formula is Al2Ga2O9Si3. The molecule has 0 saturated heterocycles. The van der Waals surface area contributed by atoms with Crippen LogP contribution in [0.5, 0.6) is 0 Å². The van der Waals surface area contributed by atoms with Gasteiger partial charge in [-0.05, 0) is 0 Å². The van der Waals surface area contributed by atoms with Gasteiger partial charge in [-0.25, -0.2) is 0 Å². The SMILES string of the molecule is O=[Si]([O-])[O-].O=[Si]([O-])[O-].O=[Si]([O-])[O-].[Al+3].[Al+3].[Ga].[Ga]. The fraction of sp³-hybridized carbons (Fsp3) is 0. The maximum atomic E-state index is 8.52. The van der Waals surface area contributed by atoms with Crippen LogP contribution in [0.1, 0.15) is 0 Å². The summed E-state index contributed by atoms with van der Waals surface area (Å²) in [4.78, 5) is 51.1. The molecule has 0 atom stereocenters. The van der Waals surface area contributed by atoms with E-state index in [9.17, 15) is 0 Å². The molecular weight excluding hydrogens is 422 g/mol. The standard InChI is InChI=1S/2Al.2Ga.3O3Si/c;;;;3*1-4(2)3/q2*+3;;;3*-2. The van der Waals surface area contributed by atoms with Crippen LogP contribution < -0.4 is 28.8 Å². The Morgan fingerprint density at radius 3 is 0.500 bits per heavy atom. The average Bonchev–Trinajstić information content (AvgIpc) is 1.54. The van der Waals surface area contributed by atoms with Crippen molar-refractivity contribution in [2.45, 2.75) is 0 Å². The van der Waals surface area contributed by atoms with Gasteiger partial charge in [0.25, 0.3) is 0 Å². The Labute approximate surface area is 143 Å². The third kappa shape index (κ3) is 2170. The van der Waals surface area contributed by atoms with Gasteiger partial charge < -0.3 is 42.2 Å². The molecule has 16 heteroatoms. The van der Waals surface area contributed by atoms with E-state index in [1.165, 1.54) is 0 Å². The average molecular weight is 422 g/mol. The topological polar surface area (TPSA) is 190 Å². The molecule has 0 heterocycles. The Balaban J connectivity index is -0.0000000135. The van der Waals surface area contributed by atoms with Crippen molar-refractivity contribution >= 4 is 102 Å². The summed E-state index contributed by atoms with van der Waals surface area (Å²) >= 11 is 0. The summed E-state index contributed by atoms with van der Waals surface area (Å²) in [6.07, 6.45) is 0. The minimum atomic E-state index is -3.63. The van der Waals surface area contributed by atoms with Crippen molar-refractivity contribution in [1.82, 2.24) is 0 Å². The third-order valence-corrected chi connectivity index (χ3v) is 0. The second-order valence-corrected chi connectivity index (χ2v) is 2.25. The molecule has 0 N–H and O–H groups in total. The van der Waals surface area contributed by atoms with Crippen LogP contribution >= 0.6 is 0 Å². The second-order valence-electron chi connectivity index (χ2n) is 0.750. The summed E-state index contributed by atoms with van der Waals surface area (Å²) in [5.41, 5.74) is 0. The Bertz CT molecular complexity index is 124. The fourth-order valence-corrected chi connectivity index (χ4v) is 0. The molecule has 0 unspecified atom stereocenters. The summed E-state index contributed by atoms with van der Waals surface area (Å²) in [5, 5.41) is 0. The van der Waals surface area contributed by atoms with E-state index in [0.29, 0.717) is 0 Å². The fourth-order valence-electron chi connectivity index (χ4n) is 0. The van der Waals surface area contributed by atoms with Crippen LogP contribution in [0.4, 0.5) is 0 Å². The first kappa shape index (κ1) is 43.4. The van der Waals surface area contributed by atoms with Crippen LogP contribution in [0.2, 0.25) is 0 Å². The van der Waals surface area contributed by atoms with Crippen molar-refractivity contribution in [3.63, 3.8) is 0 Å². The predicted octanol–water partition coefficient (Wildman–Crippen LogP) is -10.2. The van der Waals surface area contributed by atoms with Crippen LogP contribution in [0.3, 0.4) is 0 Å². The monoisotopic (exact) mass is 420 g/mol. The van der Waals surface area contributed by atoms with E-state index < -0.39 is 27.5 Å². The molecule has 9 nitrogen and oxygen atoms in total. The minimum Gasteiger partial charge on any atom is -0.672 e. The molecule has 16 heavy (non-hydrogen) atoms. The van der Waals surface area contributed by atoms with Crippen LogP contribution in [-0.4, -0.2) is 102 Å². The molecule has 0 aliphatic rings. The van der Waals surface area contributed by atoms with Crippen molar-refractivity contribution in [3.05, 3.63) is 0 Å². The molecule has 0 aliphatic heterocycles. The largest absolute Gasteiger partial charge is 3.00 e. The number of hydrogen-bond donors (Lipinski definition) is 0. The van der Waals surface area contributed by atoms with E-state index in [1.54, 1.807) is 0 Å². The number of hydrogen-bond acceptors (Lipinski definition) is 9. The van der Waals surface area contributed by atoms with Gasteiger partial charge in [0.15, 0.2) is 0 Å². The van der Waals surface area contributed by atoms with Gasteiger partial charge in [-0.15, -0.1) is 0 Å². The van der Waals surface area contributed by atoms with Gasteiger partial charge >= 0.3 is 34.7 Å². The van der Waals surface area contributed by atoms with Crippen LogP contribution in [0.15, 0.2) is 0 Å². The van der Waals surface area contributed by atoms with E-state index in [2.05, 4.69) is 0 Å². The molecule has 0 amide bonds. The first-order valence-electron chi connectivity index (χ1n) is 1.84. The van der Waals surface area contributed by atoms with E-state index in [1.807, 2.05) is 0 Å². The summed E-state index contributed by atoms with van der Waals surface area (Å²) in [6.45, 7) is 0. The molecule has 0 rings (SSSR count). The van der Waals surface area contributed by atoms with Crippen LogP contribution in [0, 0.1) is 0 Å². The molecule has 0 aromatic carbocycles. The van der Waals surface area contributed by atoms with E-state index in [-0.39, 0.29) is 74.3 Å². The van der Waals surface area contributed by atoms with E-state index >= 15 is 0 Å². The molecule has 0 bridgehead atoms. The smallest absolute Gasteiger partial charge is 0.672 e. The Kier molecular flexibility index (Phi) is 97.6. The zero-order valence-electron chi connectivity index (χ0n) is 7.48. The van der Waals surface area contributed by atoms with Crippen molar-refractivity contribution in [3.8, 4) is 0 Å². The normalized spacial score (nSPS) is 4.50. The van der Waals surface area contributed by atoms with Gasteiger partial charge in [-0.1, -0.05) is 0 Å². The second kappa shape index (κ2) is 36.0. The Morgan fingerprint density at radius 2 is 0.500 bits per heavy atom. The van der Waals surface area contributed by atoms with Crippen molar-refractivity contribution in [2.24, 2.45) is 0 Å². The van der Waals surface area contributed by atoms with Gasteiger partial charge in [-0.2, -0.15) is 0 Å². The zero-order valence-corrected chi connectivity index (χ0v) is 17.6. The molecule has 0 aromatic heterocycles. The van der Waals surface area contributed by atoms with Crippen LogP contribution in [-0.2, 0) is 13.4 Å². The quantitative estimate of drug-likeness (QED) is 0.342. The third-order valence-electron chi connectivity index (χ3n) is 0. The van der Waals surface area contributed by atoms with Gasteiger partial charge in [-0.3, -0.25) is 0 Å². The van der Waals surface area contributed by atoms with Crippen molar-refractivity contribution < 1.29 is 42.2 Å². The Hall–Kier alpha value is 1.19. The van der Waals surface area contributed by atoms with Gasteiger partial charge in [0.05, 0.1) is 0 Å². The number of rotatable bonds is 0. The predicted molar refractivity (Wildman–Crippen MR) is 42.3 cm³/mol. The van der Waals surface area contributed by atoms with Crippen molar-refractivity contribution in [2.75, 3.05) is 0 Å². The summed E-state index contributed by atoms with van der Waals surface area (Å²) in [5.74, 6) is 0. The van der Waals surface area contributed by atoms with E-state index in [4.69, 9.17) is 42.2 Å². The summed E-state index contributed by atoms with van der Waals surface area (Å²) in [6, 6.07) is 0. The van der Waals surface area contributed by atoms with E-state index in [0.717, 1.165) is 0 Å². The zero-order chi connectivity index (χ0) is 10.7. The van der Waals surface area contributed by atoms with Gasteiger partial charge in [0.1, 0.15) is 0 Å². The molecule has 0 saturated carbocycles. The maximum absolute atomic E-state index is 8.52. The molecule has 0 spiro atoms. The molecule has 78 valence electrons. The summed E-state index contributed by atoms with van der Waals surface area (Å²) in [7, 11) is -10.9. The Morgan fingerprint density at radius 1 is 0.500 bits per heavy atom. The first-order valence-corrected chi connectivity index (χ1v) is 5.51. The minimum absolute atomic E-state index is 0. The van der Waals surface area contributed by atoms with Crippen LogP contribution in [0.25, 0.3) is 0 Å².